The quantitative estimate of drug-likeness (QED) is 0.657. The lowest BCUT2D eigenvalue weighted by atomic mass is 10.1. The van der Waals surface area contributed by atoms with Gasteiger partial charge < -0.3 is 24.6 Å². The second kappa shape index (κ2) is 10.4. The minimum atomic E-state index is -1.12. The fourth-order valence-corrected chi connectivity index (χ4v) is 2.35. The topological polar surface area (TPSA) is 94.1 Å². The highest BCUT2D eigenvalue weighted by atomic mass is 16.6. The first-order valence-corrected chi connectivity index (χ1v) is 9.40. The molecule has 0 aliphatic carbocycles. The predicted molar refractivity (Wildman–Crippen MR) is 106 cm³/mol. The lowest BCUT2D eigenvalue weighted by Crippen LogP contribution is -2.53. The van der Waals surface area contributed by atoms with Crippen molar-refractivity contribution in [2.45, 2.75) is 77.9 Å². The Morgan fingerprint density at radius 2 is 1.57 bits per heavy atom. The molecule has 0 aromatic heterocycles. The summed E-state index contributed by atoms with van der Waals surface area (Å²) in [6.07, 6.45) is -1.39. The summed E-state index contributed by atoms with van der Waals surface area (Å²) in [5, 5.41) is 12.0. The van der Waals surface area contributed by atoms with Gasteiger partial charge in [-0.05, 0) is 53.5 Å². The molecule has 2 atom stereocenters. The monoisotopic (exact) mass is 395 g/mol. The van der Waals surface area contributed by atoms with E-state index in [1.807, 2.05) is 30.3 Å². The normalized spacial score (nSPS) is 14.1. The van der Waals surface area contributed by atoms with Gasteiger partial charge in [0.25, 0.3) is 0 Å². The molecule has 0 spiro atoms. The predicted octanol–water partition coefficient (Wildman–Crippen LogP) is 3.19. The van der Waals surface area contributed by atoms with Crippen molar-refractivity contribution >= 4 is 12.1 Å². The standard InChI is InChI=1S/C21H33NO6/c1-20(2,3)27-18(24)17(22-19(25)28-21(4,5)6)16(12-13-23)26-14-15-10-8-7-9-11-15/h7-11,16-17,23H,12-14H2,1-6H3,(H,22,25)/t16-,17+/m1/s1. The first kappa shape index (κ1) is 23.9. The highest BCUT2D eigenvalue weighted by Gasteiger charge is 2.35. The third-order valence-corrected chi connectivity index (χ3v) is 3.43. The maximum Gasteiger partial charge on any atom is 0.408 e. The summed E-state index contributed by atoms with van der Waals surface area (Å²) in [5.74, 6) is -0.648. The van der Waals surface area contributed by atoms with E-state index in [2.05, 4.69) is 5.32 Å². The van der Waals surface area contributed by atoms with Crippen molar-refractivity contribution in [3.8, 4) is 0 Å². The third kappa shape index (κ3) is 9.71. The molecule has 158 valence electrons. The number of rotatable bonds is 8. The molecule has 7 nitrogen and oxygen atoms in total. The van der Waals surface area contributed by atoms with Gasteiger partial charge in [0, 0.05) is 6.61 Å². The summed E-state index contributed by atoms with van der Waals surface area (Å²) < 4.78 is 16.6. The fourth-order valence-electron chi connectivity index (χ4n) is 2.35. The first-order valence-electron chi connectivity index (χ1n) is 9.40. The van der Waals surface area contributed by atoms with Crippen molar-refractivity contribution in [1.82, 2.24) is 5.32 Å². The molecule has 1 aromatic carbocycles. The van der Waals surface area contributed by atoms with E-state index >= 15 is 0 Å². The Kier molecular flexibility index (Phi) is 8.91. The SMILES string of the molecule is CC(C)(C)OC(=O)N[C@H](C(=O)OC(C)(C)C)[C@@H](CCO)OCc1ccccc1. The van der Waals surface area contributed by atoms with Crippen LogP contribution in [-0.2, 0) is 25.6 Å². The Morgan fingerprint density at radius 3 is 2.07 bits per heavy atom. The van der Waals surface area contributed by atoms with Crippen LogP contribution in [0, 0.1) is 0 Å². The molecule has 2 N–H and O–H groups in total. The van der Waals surface area contributed by atoms with Gasteiger partial charge in [0.1, 0.15) is 11.2 Å². The average Bonchev–Trinajstić information content (AvgIpc) is 2.54. The molecule has 0 radical (unpaired) electrons. The van der Waals surface area contributed by atoms with Crippen molar-refractivity contribution in [2.24, 2.45) is 0 Å². The number of hydrogen-bond donors (Lipinski definition) is 2. The molecule has 1 amide bonds. The van der Waals surface area contributed by atoms with Crippen LogP contribution in [-0.4, -0.2) is 47.1 Å². The summed E-state index contributed by atoms with van der Waals surface area (Å²) >= 11 is 0. The smallest absolute Gasteiger partial charge is 0.408 e. The van der Waals surface area contributed by atoms with Gasteiger partial charge in [-0.15, -0.1) is 0 Å². The minimum absolute atomic E-state index is 0.145. The van der Waals surface area contributed by atoms with Gasteiger partial charge in [0.05, 0.1) is 12.7 Å². The molecular weight excluding hydrogens is 362 g/mol. The van der Waals surface area contributed by atoms with E-state index in [1.54, 1.807) is 41.5 Å². The summed E-state index contributed by atoms with van der Waals surface area (Å²) in [4.78, 5) is 25.0. The van der Waals surface area contributed by atoms with E-state index in [0.29, 0.717) is 0 Å². The molecule has 7 heteroatoms. The summed E-state index contributed by atoms with van der Waals surface area (Å²) in [7, 11) is 0. The number of aliphatic hydroxyl groups excluding tert-OH is 1. The third-order valence-electron chi connectivity index (χ3n) is 3.43. The van der Waals surface area contributed by atoms with E-state index in [9.17, 15) is 14.7 Å². The van der Waals surface area contributed by atoms with E-state index < -0.39 is 35.4 Å². The number of amides is 1. The Labute approximate surface area is 167 Å². The van der Waals surface area contributed by atoms with Crippen LogP contribution in [0.4, 0.5) is 4.79 Å². The molecule has 0 saturated heterocycles. The number of carbonyl (C=O) groups is 2. The Morgan fingerprint density at radius 1 is 1.00 bits per heavy atom. The van der Waals surface area contributed by atoms with Crippen LogP contribution in [0.25, 0.3) is 0 Å². The van der Waals surface area contributed by atoms with Crippen LogP contribution in [0.15, 0.2) is 30.3 Å². The number of hydrogen-bond acceptors (Lipinski definition) is 6. The molecule has 1 aromatic rings. The van der Waals surface area contributed by atoms with Crippen LogP contribution in [0.2, 0.25) is 0 Å². The highest BCUT2D eigenvalue weighted by molar-refractivity contribution is 5.82. The van der Waals surface area contributed by atoms with Gasteiger partial charge in [-0.3, -0.25) is 0 Å². The van der Waals surface area contributed by atoms with Crippen molar-refractivity contribution in [3.63, 3.8) is 0 Å². The molecule has 0 bridgehead atoms. The second-order valence-corrected chi connectivity index (χ2v) is 8.50. The molecule has 0 aliphatic heterocycles. The number of nitrogens with one attached hydrogen (secondary N) is 1. The molecule has 1 rings (SSSR count). The number of aliphatic hydroxyl groups is 1. The van der Waals surface area contributed by atoms with E-state index in [0.717, 1.165) is 5.56 Å². The maximum absolute atomic E-state index is 12.7. The van der Waals surface area contributed by atoms with Gasteiger partial charge in [-0.1, -0.05) is 30.3 Å². The van der Waals surface area contributed by atoms with Gasteiger partial charge in [0.2, 0.25) is 0 Å². The zero-order valence-corrected chi connectivity index (χ0v) is 17.7. The van der Waals surface area contributed by atoms with Gasteiger partial charge >= 0.3 is 12.1 Å². The first-order chi connectivity index (χ1) is 12.9. The molecule has 28 heavy (non-hydrogen) atoms. The van der Waals surface area contributed by atoms with E-state index in [4.69, 9.17) is 14.2 Å². The van der Waals surface area contributed by atoms with Crippen LogP contribution in [0.5, 0.6) is 0 Å². The maximum atomic E-state index is 12.7. The Bertz CT molecular complexity index is 618. The highest BCUT2D eigenvalue weighted by Crippen LogP contribution is 2.16. The second-order valence-electron chi connectivity index (χ2n) is 8.50. The zero-order valence-electron chi connectivity index (χ0n) is 17.7. The van der Waals surface area contributed by atoms with Gasteiger partial charge in [-0.25, -0.2) is 9.59 Å². The van der Waals surface area contributed by atoms with E-state index in [-0.39, 0.29) is 19.6 Å². The average molecular weight is 395 g/mol. The largest absolute Gasteiger partial charge is 0.458 e. The summed E-state index contributed by atoms with van der Waals surface area (Å²) in [6, 6.07) is 8.31. The van der Waals surface area contributed by atoms with E-state index in [1.165, 1.54) is 0 Å². The fraction of sp³-hybridized carbons (Fsp3) is 0.619. The van der Waals surface area contributed by atoms with Crippen molar-refractivity contribution in [2.75, 3.05) is 6.61 Å². The zero-order chi connectivity index (χ0) is 21.4. The molecule has 0 heterocycles. The summed E-state index contributed by atoms with van der Waals surface area (Å²) in [6.45, 7) is 10.4. The molecule has 0 aliphatic rings. The number of esters is 1. The van der Waals surface area contributed by atoms with Crippen LogP contribution < -0.4 is 5.32 Å². The number of carbonyl (C=O) groups excluding carboxylic acids is 2. The van der Waals surface area contributed by atoms with Gasteiger partial charge in [-0.2, -0.15) is 0 Å². The Hall–Kier alpha value is -2.12. The molecular formula is C21H33NO6. The van der Waals surface area contributed by atoms with Crippen LogP contribution >= 0.6 is 0 Å². The lowest BCUT2D eigenvalue weighted by molar-refractivity contribution is -0.162. The van der Waals surface area contributed by atoms with Gasteiger partial charge in [0.15, 0.2) is 6.04 Å². The molecule has 0 saturated carbocycles. The summed E-state index contributed by atoms with van der Waals surface area (Å²) in [5.41, 5.74) is -0.556. The molecule has 0 fully saturated rings. The number of alkyl carbamates (subject to hydrolysis) is 1. The number of benzene rings is 1. The van der Waals surface area contributed by atoms with Crippen LogP contribution in [0.3, 0.4) is 0 Å². The minimum Gasteiger partial charge on any atom is -0.458 e. The Balaban J connectivity index is 2.97. The lowest BCUT2D eigenvalue weighted by Gasteiger charge is -2.30. The molecule has 0 unspecified atom stereocenters. The van der Waals surface area contributed by atoms with Crippen LogP contribution in [0.1, 0.15) is 53.5 Å². The van der Waals surface area contributed by atoms with Crippen molar-refractivity contribution in [1.29, 1.82) is 0 Å². The van der Waals surface area contributed by atoms with Crippen molar-refractivity contribution < 1.29 is 28.9 Å². The number of ether oxygens (including phenoxy) is 3. The van der Waals surface area contributed by atoms with Crippen molar-refractivity contribution in [3.05, 3.63) is 35.9 Å².